The van der Waals surface area contributed by atoms with Crippen LogP contribution in [0, 0.1) is 10.1 Å². The van der Waals surface area contributed by atoms with Crippen molar-refractivity contribution in [1.82, 2.24) is 4.98 Å². The molecule has 7 nitrogen and oxygen atoms in total. The first kappa shape index (κ1) is 13.7. The van der Waals surface area contributed by atoms with Crippen LogP contribution in [0.15, 0.2) is 52.7 Å². The Balaban J connectivity index is 2.10. The highest BCUT2D eigenvalue weighted by Crippen LogP contribution is 2.15. The van der Waals surface area contributed by atoms with E-state index in [1.165, 1.54) is 29.7 Å². The molecule has 0 radical (unpaired) electrons. The number of allylic oxidation sites excluding steroid dienone is 1. The highest BCUT2D eigenvalue weighted by molar-refractivity contribution is 7.13. The van der Waals surface area contributed by atoms with Crippen molar-refractivity contribution in [1.29, 1.82) is 0 Å². The third kappa shape index (κ3) is 3.89. The summed E-state index contributed by atoms with van der Waals surface area (Å²) in [6.45, 7) is 0. The maximum atomic E-state index is 10.9. The minimum atomic E-state index is -0.551. The van der Waals surface area contributed by atoms with E-state index in [-0.39, 0.29) is 11.4 Å². The molecular formula is C12H10N4O3S. The normalized spacial score (nSPS) is 11.7. The predicted octanol–water partition coefficient (Wildman–Crippen LogP) is 2.78. The lowest BCUT2D eigenvalue weighted by Crippen LogP contribution is -2.03. The van der Waals surface area contributed by atoms with Crippen LogP contribution in [0.1, 0.15) is 0 Å². The molecule has 1 aromatic carbocycles. The van der Waals surface area contributed by atoms with Crippen molar-refractivity contribution in [3.63, 3.8) is 0 Å². The van der Waals surface area contributed by atoms with E-state index in [2.05, 4.69) is 15.3 Å². The molecule has 0 saturated heterocycles. The molecule has 0 atom stereocenters. The first-order chi connectivity index (χ1) is 9.65. The number of nitro groups is 1. The van der Waals surface area contributed by atoms with Crippen molar-refractivity contribution in [2.24, 2.45) is 4.99 Å². The Morgan fingerprint density at radius 3 is 2.80 bits per heavy atom. The summed E-state index contributed by atoms with van der Waals surface area (Å²) < 4.78 is 0. The molecular weight excluding hydrogens is 280 g/mol. The number of hydrogen-bond acceptors (Lipinski definition) is 7. The van der Waals surface area contributed by atoms with Crippen molar-refractivity contribution < 1.29 is 10.0 Å². The topological polar surface area (TPSA) is 101 Å². The van der Waals surface area contributed by atoms with Crippen LogP contribution in [0.5, 0.6) is 5.75 Å². The van der Waals surface area contributed by atoms with E-state index >= 15 is 0 Å². The van der Waals surface area contributed by atoms with Gasteiger partial charge >= 0.3 is 5.70 Å². The lowest BCUT2D eigenvalue weighted by molar-refractivity contribution is -0.414. The maximum absolute atomic E-state index is 10.9. The minimum absolute atomic E-state index is 0.124. The van der Waals surface area contributed by atoms with Gasteiger partial charge in [0.25, 0.3) is 0 Å². The quantitative estimate of drug-likeness (QED) is 0.381. The fourth-order valence-corrected chi connectivity index (χ4v) is 1.73. The first-order valence-electron chi connectivity index (χ1n) is 5.49. The van der Waals surface area contributed by atoms with E-state index in [1.54, 1.807) is 23.7 Å². The molecule has 0 unspecified atom stereocenters. The fraction of sp³-hybridized carbons (Fsp3) is 0. The van der Waals surface area contributed by atoms with E-state index in [4.69, 9.17) is 5.11 Å². The molecule has 0 bridgehead atoms. The number of nitrogens with zero attached hydrogens (tertiary/aromatic N) is 3. The Labute approximate surface area is 118 Å². The van der Waals surface area contributed by atoms with E-state index in [1.807, 2.05) is 0 Å². The van der Waals surface area contributed by atoms with E-state index in [9.17, 15) is 10.1 Å². The van der Waals surface area contributed by atoms with Gasteiger partial charge in [0.05, 0.1) is 11.1 Å². The molecule has 0 aliphatic heterocycles. The lowest BCUT2D eigenvalue weighted by Gasteiger charge is -2.00. The van der Waals surface area contributed by atoms with E-state index < -0.39 is 4.92 Å². The third-order valence-electron chi connectivity index (χ3n) is 2.19. The Bertz CT molecular complexity index is 635. The largest absolute Gasteiger partial charge is 0.508 e. The van der Waals surface area contributed by atoms with E-state index in [0.717, 1.165) is 6.21 Å². The Morgan fingerprint density at radius 1 is 1.45 bits per heavy atom. The van der Waals surface area contributed by atoms with Gasteiger partial charge in [-0.25, -0.2) is 9.98 Å². The van der Waals surface area contributed by atoms with Crippen molar-refractivity contribution in [3.8, 4) is 5.75 Å². The number of thiazole rings is 1. The molecule has 0 saturated carbocycles. The van der Waals surface area contributed by atoms with Gasteiger partial charge in [-0.1, -0.05) is 0 Å². The number of hydrogen-bond donors (Lipinski definition) is 2. The van der Waals surface area contributed by atoms with Crippen LogP contribution in [0.25, 0.3) is 0 Å². The van der Waals surface area contributed by atoms with Crippen molar-refractivity contribution >= 4 is 28.4 Å². The monoisotopic (exact) mass is 290 g/mol. The van der Waals surface area contributed by atoms with Gasteiger partial charge in [-0.05, 0) is 24.3 Å². The number of benzene rings is 1. The molecule has 0 fully saturated rings. The summed E-state index contributed by atoms with van der Waals surface area (Å²) in [5.74, 6) is 0.124. The number of aliphatic imine (C=N–C) groups is 1. The van der Waals surface area contributed by atoms with Gasteiger partial charge in [0.1, 0.15) is 12.0 Å². The molecule has 20 heavy (non-hydrogen) atoms. The summed E-state index contributed by atoms with van der Waals surface area (Å²) in [7, 11) is 0. The van der Waals surface area contributed by atoms with Gasteiger partial charge < -0.3 is 10.4 Å². The number of aromatic hydroxyl groups is 1. The van der Waals surface area contributed by atoms with Crippen molar-refractivity contribution in [2.75, 3.05) is 5.32 Å². The zero-order chi connectivity index (χ0) is 14.4. The Morgan fingerprint density at radius 2 is 2.20 bits per heavy atom. The van der Waals surface area contributed by atoms with Gasteiger partial charge in [0, 0.05) is 17.3 Å². The second kappa shape index (κ2) is 6.43. The summed E-state index contributed by atoms with van der Waals surface area (Å²) in [6.07, 6.45) is 3.93. The molecule has 2 rings (SSSR count). The number of phenolic OH excluding ortho intramolecular Hbond substituents is 1. The molecule has 8 heteroatoms. The molecule has 0 aliphatic rings. The van der Waals surface area contributed by atoms with Gasteiger partial charge in [-0.15, -0.1) is 11.3 Å². The number of rotatable bonds is 5. The average molecular weight is 290 g/mol. The smallest absolute Gasteiger partial charge is 0.303 e. The zero-order valence-corrected chi connectivity index (χ0v) is 10.9. The number of aromatic nitrogens is 1. The molecule has 0 amide bonds. The lowest BCUT2D eigenvalue weighted by atomic mass is 10.3. The summed E-state index contributed by atoms with van der Waals surface area (Å²) >= 11 is 1.29. The van der Waals surface area contributed by atoms with Gasteiger partial charge in [-0.2, -0.15) is 0 Å². The predicted molar refractivity (Wildman–Crippen MR) is 77.1 cm³/mol. The van der Waals surface area contributed by atoms with Crippen LogP contribution < -0.4 is 5.32 Å². The highest BCUT2D eigenvalue weighted by atomic mass is 32.1. The van der Waals surface area contributed by atoms with E-state index in [0.29, 0.717) is 10.8 Å². The minimum Gasteiger partial charge on any atom is -0.508 e. The van der Waals surface area contributed by atoms with Gasteiger partial charge in [0.2, 0.25) is 5.13 Å². The van der Waals surface area contributed by atoms with Crippen molar-refractivity contribution in [3.05, 3.63) is 57.9 Å². The van der Waals surface area contributed by atoms with Crippen LogP contribution >= 0.6 is 11.3 Å². The van der Waals surface area contributed by atoms with Gasteiger partial charge in [0.15, 0.2) is 0 Å². The second-order valence-corrected chi connectivity index (χ2v) is 4.46. The Kier molecular flexibility index (Phi) is 4.40. The van der Waals surface area contributed by atoms with Crippen LogP contribution in [0.3, 0.4) is 0 Å². The highest BCUT2D eigenvalue weighted by Gasteiger charge is 2.07. The summed E-state index contributed by atoms with van der Waals surface area (Å²) in [5, 5.41) is 25.0. The summed E-state index contributed by atoms with van der Waals surface area (Å²) in [6, 6.07) is 6.15. The summed E-state index contributed by atoms with van der Waals surface area (Å²) in [4.78, 5) is 18.1. The van der Waals surface area contributed by atoms with Crippen molar-refractivity contribution in [2.45, 2.75) is 0 Å². The molecule has 0 spiro atoms. The molecule has 102 valence electrons. The third-order valence-corrected chi connectivity index (χ3v) is 2.87. The molecule has 2 aromatic rings. The standard InChI is InChI=1S/C12H10N4O3S/c17-11-3-1-9(2-4-11)14-7-10(16(18)19)8-15-12-13-5-6-20-12/h1-8,14,17H. The van der Waals surface area contributed by atoms with Crippen LogP contribution in [-0.2, 0) is 0 Å². The van der Waals surface area contributed by atoms with Crippen LogP contribution in [-0.4, -0.2) is 21.2 Å². The fourth-order valence-electron chi connectivity index (χ4n) is 1.25. The molecule has 0 aliphatic carbocycles. The maximum Gasteiger partial charge on any atom is 0.303 e. The number of nitrogens with one attached hydrogen (secondary N) is 1. The zero-order valence-electron chi connectivity index (χ0n) is 10.1. The first-order valence-corrected chi connectivity index (χ1v) is 6.37. The molecule has 1 aromatic heterocycles. The van der Waals surface area contributed by atoms with Crippen LogP contribution in [0.4, 0.5) is 10.8 Å². The molecule has 1 heterocycles. The summed E-state index contributed by atoms with van der Waals surface area (Å²) in [5.41, 5.74) is 0.415. The number of anilines is 1. The SMILES string of the molecule is O=[N+]([O-])C(C=Nc1nccs1)=CNc1ccc(O)cc1. The van der Waals surface area contributed by atoms with Gasteiger partial charge in [-0.3, -0.25) is 10.1 Å². The van der Waals surface area contributed by atoms with Crippen LogP contribution in [0.2, 0.25) is 0 Å². The second-order valence-electron chi connectivity index (χ2n) is 3.59. The average Bonchev–Trinajstić information content (AvgIpc) is 2.93. The molecule has 2 N–H and O–H groups in total. The Hall–Kier alpha value is -2.74. The number of phenols is 1.